The van der Waals surface area contributed by atoms with Gasteiger partial charge in [0.05, 0.1) is 27.2 Å². The summed E-state index contributed by atoms with van der Waals surface area (Å²) in [6, 6.07) is 13.2. The van der Waals surface area contributed by atoms with Crippen molar-refractivity contribution in [1.29, 1.82) is 0 Å². The Morgan fingerprint density at radius 1 is 1.00 bits per heavy atom. The molecule has 2 rings (SSSR count). The second-order valence-electron chi connectivity index (χ2n) is 8.22. The predicted octanol–water partition coefficient (Wildman–Crippen LogP) is 6.02. The number of methoxy groups -OCH3 is 3. The number of rotatable bonds is 11. The number of benzene rings is 2. The lowest BCUT2D eigenvalue weighted by molar-refractivity contribution is 0.0858. The summed E-state index contributed by atoms with van der Waals surface area (Å²) in [7, 11) is 4.74. The monoisotopic (exact) mass is 430 g/mol. The molecule has 0 aliphatic carbocycles. The highest BCUT2D eigenvalue weighted by Crippen LogP contribution is 2.46. The van der Waals surface area contributed by atoms with Gasteiger partial charge in [0.25, 0.3) is 0 Å². The van der Waals surface area contributed by atoms with E-state index in [4.69, 9.17) is 14.2 Å². The molecule has 2 unspecified atom stereocenters. The predicted molar refractivity (Wildman–Crippen MR) is 120 cm³/mol. The number of hydrogen-bond donors (Lipinski definition) is 0. The highest BCUT2D eigenvalue weighted by atomic mass is 31.1. The van der Waals surface area contributed by atoms with Crippen LogP contribution >= 0.6 is 8.46 Å². The minimum atomic E-state index is -0.430. The first-order chi connectivity index (χ1) is 14.3. The normalized spacial score (nSPS) is 13.5. The first kappa shape index (κ1) is 23.9. The molecular formula is C24H31O5P. The van der Waals surface area contributed by atoms with E-state index in [0.29, 0.717) is 29.0 Å². The SMILES string of the molecule is COc1cc(OC)c(C(=O)C(c2ccccc2)C(C)(C)CC(C)CP=O)c(OC)c1. The maximum atomic E-state index is 14.0. The van der Waals surface area contributed by atoms with Gasteiger partial charge in [0, 0.05) is 18.3 Å². The summed E-state index contributed by atoms with van der Waals surface area (Å²) in [5, 5.41) is 0. The Kier molecular flexibility index (Phi) is 8.43. The van der Waals surface area contributed by atoms with Crippen LogP contribution in [0.2, 0.25) is 0 Å². The van der Waals surface area contributed by atoms with Crippen molar-refractivity contribution < 1.29 is 23.6 Å². The van der Waals surface area contributed by atoms with Crippen LogP contribution in [0, 0.1) is 11.3 Å². The molecule has 0 aliphatic heterocycles. The van der Waals surface area contributed by atoms with E-state index in [1.54, 1.807) is 19.2 Å². The van der Waals surface area contributed by atoms with Crippen LogP contribution in [0.4, 0.5) is 0 Å². The van der Waals surface area contributed by atoms with Gasteiger partial charge in [0.15, 0.2) is 14.2 Å². The fourth-order valence-electron chi connectivity index (χ4n) is 4.20. The first-order valence-electron chi connectivity index (χ1n) is 9.97. The zero-order valence-corrected chi connectivity index (χ0v) is 19.5. The van der Waals surface area contributed by atoms with Crippen LogP contribution < -0.4 is 14.2 Å². The van der Waals surface area contributed by atoms with Gasteiger partial charge in [-0.05, 0) is 23.3 Å². The Morgan fingerprint density at radius 2 is 1.57 bits per heavy atom. The lowest BCUT2D eigenvalue weighted by atomic mass is 9.67. The highest BCUT2D eigenvalue weighted by molar-refractivity contribution is 7.23. The molecule has 6 heteroatoms. The standard InChI is InChI=1S/C24H31O5P/c1-16(15-30-26)14-24(2,3)22(17-10-8-7-9-11-17)23(25)21-19(28-5)12-18(27-4)13-20(21)29-6/h7-13,16,22H,14-15H2,1-6H3. The van der Waals surface area contributed by atoms with Crippen molar-refractivity contribution >= 4 is 14.2 Å². The van der Waals surface area contributed by atoms with Crippen molar-refractivity contribution in [2.24, 2.45) is 11.3 Å². The van der Waals surface area contributed by atoms with Crippen LogP contribution in [0.3, 0.4) is 0 Å². The van der Waals surface area contributed by atoms with Crippen molar-refractivity contribution in [3.63, 3.8) is 0 Å². The summed E-state index contributed by atoms with van der Waals surface area (Å²) < 4.78 is 27.5. The molecule has 0 saturated carbocycles. The topological polar surface area (TPSA) is 61.8 Å². The number of carbonyl (C=O) groups excluding carboxylic acids is 1. The Bertz CT molecular complexity index is 838. The third kappa shape index (κ3) is 5.40. The second-order valence-corrected chi connectivity index (χ2v) is 8.85. The highest BCUT2D eigenvalue weighted by Gasteiger charge is 2.40. The molecule has 30 heavy (non-hydrogen) atoms. The van der Waals surface area contributed by atoms with Crippen LogP contribution in [0.25, 0.3) is 0 Å². The van der Waals surface area contributed by atoms with Crippen molar-refractivity contribution in [2.75, 3.05) is 27.5 Å². The second kappa shape index (κ2) is 10.6. The van der Waals surface area contributed by atoms with E-state index in [9.17, 15) is 9.36 Å². The molecule has 0 aliphatic rings. The Hall–Kier alpha value is -2.39. The summed E-state index contributed by atoms with van der Waals surface area (Å²) >= 11 is 0. The molecule has 0 amide bonds. The maximum absolute atomic E-state index is 14.0. The van der Waals surface area contributed by atoms with Gasteiger partial charge >= 0.3 is 0 Å². The van der Waals surface area contributed by atoms with Crippen molar-refractivity contribution in [3.8, 4) is 17.2 Å². The fraction of sp³-hybridized carbons (Fsp3) is 0.458. The van der Waals surface area contributed by atoms with Crippen molar-refractivity contribution in [1.82, 2.24) is 0 Å². The Balaban J connectivity index is 2.63. The van der Waals surface area contributed by atoms with Crippen LogP contribution in [0.15, 0.2) is 42.5 Å². The van der Waals surface area contributed by atoms with Crippen molar-refractivity contribution in [2.45, 2.75) is 33.1 Å². The summed E-state index contributed by atoms with van der Waals surface area (Å²) in [5.74, 6) is 1.09. The van der Waals surface area contributed by atoms with Crippen LogP contribution in [-0.2, 0) is 4.57 Å². The average Bonchev–Trinajstić information content (AvgIpc) is 2.72. The third-order valence-electron chi connectivity index (χ3n) is 5.40. The zero-order valence-electron chi connectivity index (χ0n) is 18.6. The maximum Gasteiger partial charge on any atom is 0.178 e. The summed E-state index contributed by atoms with van der Waals surface area (Å²) in [4.78, 5) is 14.0. The quantitative estimate of drug-likeness (QED) is 0.322. The average molecular weight is 430 g/mol. The Morgan fingerprint density at radius 3 is 2.03 bits per heavy atom. The minimum absolute atomic E-state index is 0.0746. The number of ether oxygens (including phenoxy) is 3. The van der Waals surface area contributed by atoms with Gasteiger partial charge < -0.3 is 14.2 Å². The van der Waals surface area contributed by atoms with Crippen molar-refractivity contribution in [3.05, 3.63) is 53.6 Å². The fourth-order valence-corrected chi connectivity index (χ4v) is 4.59. The molecule has 0 N–H and O–H groups in total. The van der Waals surface area contributed by atoms with Crippen LogP contribution in [-0.4, -0.2) is 33.3 Å². The molecule has 2 aromatic carbocycles. The van der Waals surface area contributed by atoms with E-state index >= 15 is 0 Å². The van der Waals surface area contributed by atoms with Gasteiger partial charge in [-0.3, -0.25) is 9.36 Å². The minimum Gasteiger partial charge on any atom is -0.496 e. The summed E-state index contributed by atoms with van der Waals surface area (Å²) in [6.45, 7) is 6.24. The van der Waals surface area contributed by atoms with Gasteiger partial charge in [-0.2, -0.15) is 0 Å². The number of Topliss-reactive ketones (excluding diaryl/α,β-unsaturated/α-hetero) is 1. The molecule has 0 saturated heterocycles. The molecule has 2 atom stereocenters. The molecule has 0 aromatic heterocycles. The van der Waals surface area contributed by atoms with Gasteiger partial charge in [-0.15, -0.1) is 0 Å². The van der Waals surface area contributed by atoms with E-state index in [-0.39, 0.29) is 20.2 Å². The van der Waals surface area contributed by atoms with E-state index < -0.39 is 11.3 Å². The van der Waals surface area contributed by atoms with E-state index in [1.165, 1.54) is 14.2 Å². The molecule has 0 heterocycles. The first-order valence-corrected chi connectivity index (χ1v) is 11.0. The van der Waals surface area contributed by atoms with Gasteiger partial charge in [0.1, 0.15) is 22.8 Å². The molecule has 0 radical (unpaired) electrons. The molecule has 162 valence electrons. The largest absolute Gasteiger partial charge is 0.496 e. The Labute approximate surface area is 180 Å². The van der Waals surface area contributed by atoms with Gasteiger partial charge in [-0.1, -0.05) is 51.1 Å². The van der Waals surface area contributed by atoms with E-state index in [1.807, 2.05) is 30.3 Å². The molecule has 0 spiro atoms. The third-order valence-corrected chi connectivity index (χ3v) is 6.17. The number of hydrogen-bond acceptors (Lipinski definition) is 5. The lowest BCUT2D eigenvalue weighted by Gasteiger charge is -2.36. The lowest BCUT2D eigenvalue weighted by Crippen LogP contribution is -2.31. The zero-order chi connectivity index (χ0) is 22.3. The number of carbonyl (C=O) groups is 1. The van der Waals surface area contributed by atoms with Crippen LogP contribution in [0.5, 0.6) is 17.2 Å². The molecular weight excluding hydrogens is 399 g/mol. The summed E-state index contributed by atoms with van der Waals surface area (Å²) in [6.07, 6.45) is 1.31. The molecule has 5 nitrogen and oxygen atoms in total. The smallest absolute Gasteiger partial charge is 0.178 e. The number of ketones is 1. The summed E-state index contributed by atoms with van der Waals surface area (Å²) in [5.41, 5.74) is 0.940. The van der Waals surface area contributed by atoms with E-state index in [0.717, 1.165) is 12.0 Å². The molecule has 0 fully saturated rings. The van der Waals surface area contributed by atoms with Gasteiger partial charge in [-0.25, -0.2) is 0 Å². The van der Waals surface area contributed by atoms with Gasteiger partial charge in [0.2, 0.25) is 0 Å². The molecule has 2 aromatic rings. The van der Waals surface area contributed by atoms with Crippen LogP contribution in [0.1, 0.15) is 49.0 Å². The van der Waals surface area contributed by atoms with E-state index in [2.05, 4.69) is 20.8 Å². The molecule has 0 bridgehead atoms.